The van der Waals surface area contributed by atoms with Crippen molar-refractivity contribution in [3.8, 4) is 0 Å². The van der Waals surface area contributed by atoms with Gasteiger partial charge in [-0.05, 0) is 48.1 Å². The minimum Gasteiger partial charge on any atom is -0.462 e. The Morgan fingerprint density at radius 2 is 2.03 bits per heavy atom. The number of halogens is 1. The second-order valence-electron chi connectivity index (χ2n) is 7.64. The minimum absolute atomic E-state index is 0.182. The van der Waals surface area contributed by atoms with Gasteiger partial charge in [0, 0.05) is 9.90 Å². The number of thiophene rings is 1. The van der Waals surface area contributed by atoms with Gasteiger partial charge < -0.3 is 4.74 Å². The molecule has 0 bridgehead atoms. The molecule has 1 aromatic carbocycles. The SMILES string of the molecule is CC1=C(C(=O)OCC(C)C)C(c2cccs2)n2c(s/c(=C/c3ccc(Cl)cc3)c2=O)=N1. The van der Waals surface area contributed by atoms with Gasteiger partial charge in [0.15, 0.2) is 4.80 Å². The third kappa shape index (κ3) is 4.44. The molecule has 1 atom stereocenters. The van der Waals surface area contributed by atoms with Gasteiger partial charge in [0.2, 0.25) is 0 Å². The van der Waals surface area contributed by atoms with Crippen molar-refractivity contribution in [2.24, 2.45) is 10.9 Å². The van der Waals surface area contributed by atoms with Crippen LogP contribution in [0.25, 0.3) is 6.08 Å². The molecule has 3 heterocycles. The first-order valence-electron chi connectivity index (χ1n) is 9.84. The number of carbonyl (C=O) groups is 1. The number of benzene rings is 1. The Morgan fingerprint density at radius 3 is 2.68 bits per heavy atom. The average molecular weight is 473 g/mol. The quantitative estimate of drug-likeness (QED) is 0.524. The van der Waals surface area contributed by atoms with E-state index in [1.54, 1.807) is 23.6 Å². The normalized spacial score (nSPS) is 16.4. The summed E-state index contributed by atoms with van der Waals surface area (Å²) in [6.07, 6.45) is 1.82. The van der Waals surface area contributed by atoms with E-state index in [4.69, 9.17) is 16.3 Å². The number of fused-ring (bicyclic) bond motifs is 1. The number of nitrogens with zero attached hydrogens (tertiary/aromatic N) is 2. The molecule has 1 aliphatic heterocycles. The molecule has 0 amide bonds. The van der Waals surface area contributed by atoms with Gasteiger partial charge in [-0.1, -0.05) is 55.0 Å². The number of carbonyl (C=O) groups excluding carboxylic acids is 1. The first kappa shape index (κ1) is 21.7. The summed E-state index contributed by atoms with van der Waals surface area (Å²) in [6.45, 7) is 6.07. The smallest absolute Gasteiger partial charge is 0.338 e. The lowest BCUT2D eigenvalue weighted by Crippen LogP contribution is -2.39. The van der Waals surface area contributed by atoms with Crippen LogP contribution in [0.1, 0.15) is 37.3 Å². The lowest BCUT2D eigenvalue weighted by molar-refractivity contribution is -0.140. The number of hydrogen-bond acceptors (Lipinski definition) is 6. The van der Waals surface area contributed by atoms with Gasteiger partial charge in [0.05, 0.1) is 22.4 Å². The standard InChI is InChI=1S/C23H21ClN2O3S2/c1-13(2)12-29-22(28)19-14(3)25-23-26(20(19)17-5-4-10-30-17)21(27)18(31-23)11-15-6-8-16(24)9-7-15/h4-11,13,20H,12H2,1-3H3/b18-11+. The Morgan fingerprint density at radius 1 is 1.29 bits per heavy atom. The molecule has 160 valence electrons. The molecule has 1 unspecified atom stereocenters. The maximum absolute atomic E-state index is 13.4. The Hall–Kier alpha value is -2.48. The van der Waals surface area contributed by atoms with Crippen molar-refractivity contribution in [1.29, 1.82) is 0 Å². The molecular weight excluding hydrogens is 452 g/mol. The van der Waals surface area contributed by atoms with Crippen LogP contribution in [0, 0.1) is 5.92 Å². The molecule has 0 saturated carbocycles. The second-order valence-corrected chi connectivity index (χ2v) is 10.1. The zero-order chi connectivity index (χ0) is 22.1. The molecular formula is C23H21ClN2O3S2. The molecule has 3 aromatic rings. The average Bonchev–Trinajstić information content (AvgIpc) is 3.36. The summed E-state index contributed by atoms with van der Waals surface area (Å²) in [7, 11) is 0. The highest BCUT2D eigenvalue weighted by molar-refractivity contribution is 7.10. The fourth-order valence-electron chi connectivity index (χ4n) is 3.33. The predicted molar refractivity (Wildman–Crippen MR) is 125 cm³/mol. The van der Waals surface area contributed by atoms with Crippen molar-refractivity contribution in [2.45, 2.75) is 26.8 Å². The fourth-order valence-corrected chi connectivity index (χ4v) is 5.33. The highest BCUT2D eigenvalue weighted by Gasteiger charge is 2.34. The van der Waals surface area contributed by atoms with Crippen LogP contribution in [0.4, 0.5) is 0 Å². The van der Waals surface area contributed by atoms with Crippen molar-refractivity contribution in [1.82, 2.24) is 4.57 Å². The molecule has 0 N–H and O–H groups in total. The summed E-state index contributed by atoms with van der Waals surface area (Å²) in [4.78, 5) is 32.5. The minimum atomic E-state index is -0.553. The van der Waals surface area contributed by atoms with E-state index < -0.39 is 12.0 Å². The van der Waals surface area contributed by atoms with Crippen LogP contribution < -0.4 is 14.9 Å². The number of thiazole rings is 1. The third-order valence-electron chi connectivity index (χ3n) is 4.77. The highest BCUT2D eigenvalue weighted by Crippen LogP contribution is 2.33. The zero-order valence-corrected chi connectivity index (χ0v) is 19.7. The van der Waals surface area contributed by atoms with Crippen LogP contribution in [0.5, 0.6) is 0 Å². The molecule has 5 nitrogen and oxygen atoms in total. The Labute approximate surface area is 192 Å². The maximum Gasteiger partial charge on any atom is 0.338 e. The Balaban J connectivity index is 1.86. The maximum atomic E-state index is 13.4. The number of hydrogen-bond donors (Lipinski definition) is 0. The van der Waals surface area contributed by atoms with Crippen molar-refractivity contribution in [3.63, 3.8) is 0 Å². The topological polar surface area (TPSA) is 60.7 Å². The van der Waals surface area contributed by atoms with Gasteiger partial charge in [0.25, 0.3) is 5.56 Å². The zero-order valence-electron chi connectivity index (χ0n) is 17.3. The van der Waals surface area contributed by atoms with Crippen LogP contribution >= 0.6 is 34.3 Å². The lowest BCUT2D eigenvalue weighted by atomic mass is 10.0. The van der Waals surface area contributed by atoms with E-state index in [1.807, 2.05) is 49.6 Å². The monoisotopic (exact) mass is 472 g/mol. The summed E-state index contributed by atoms with van der Waals surface area (Å²) >= 11 is 8.78. The Kier molecular flexibility index (Phi) is 6.27. The summed E-state index contributed by atoms with van der Waals surface area (Å²) in [5.41, 5.74) is 1.67. The largest absolute Gasteiger partial charge is 0.462 e. The molecule has 31 heavy (non-hydrogen) atoms. The van der Waals surface area contributed by atoms with Crippen LogP contribution in [-0.2, 0) is 9.53 Å². The summed E-state index contributed by atoms with van der Waals surface area (Å²) < 4.78 is 7.68. The fraction of sp³-hybridized carbons (Fsp3) is 0.261. The van der Waals surface area contributed by atoms with Crippen LogP contribution in [-0.4, -0.2) is 17.1 Å². The van der Waals surface area contributed by atoms with Crippen molar-refractivity contribution in [3.05, 3.63) is 88.2 Å². The van der Waals surface area contributed by atoms with E-state index in [-0.39, 0.29) is 11.5 Å². The Bertz CT molecular complexity index is 1320. The number of rotatable bonds is 5. The van der Waals surface area contributed by atoms with Crippen molar-refractivity contribution in [2.75, 3.05) is 6.61 Å². The summed E-state index contributed by atoms with van der Waals surface area (Å²) in [5.74, 6) is -0.217. The number of allylic oxidation sites excluding steroid dienone is 1. The molecule has 0 aliphatic carbocycles. The first-order chi connectivity index (χ1) is 14.8. The summed E-state index contributed by atoms with van der Waals surface area (Å²) in [6, 6.07) is 10.6. The molecule has 0 spiro atoms. The molecule has 0 radical (unpaired) electrons. The molecule has 8 heteroatoms. The molecule has 4 rings (SSSR count). The van der Waals surface area contributed by atoms with Gasteiger partial charge in [0.1, 0.15) is 6.04 Å². The van der Waals surface area contributed by atoms with Gasteiger partial charge in [-0.15, -0.1) is 11.3 Å². The van der Waals surface area contributed by atoms with Gasteiger partial charge in [-0.25, -0.2) is 9.79 Å². The van der Waals surface area contributed by atoms with E-state index in [2.05, 4.69) is 4.99 Å². The van der Waals surface area contributed by atoms with E-state index in [0.29, 0.717) is 32.2 Å². The number of ether oxygens (including phenoxy) is 1. The number of aromatic nitrogens is 1. The second kappa shape index (κ2) is 8.94. The van der Waals surface area contributed by atoms with Gasteiger partial charge >= 0.3 is 5.97 Å². The molecule has 2 aromatic heterocycles. The van der Waals surface area contributed by atoms with Crippen LogP contribution in [0.3, 0.4) is 0 Å². The van der Waals surface area contributed by atoms with Crippen LogP contribution in [0.15, 0.2) is 62.8 Å². The van der Waals surface area contributed by atoms with Crippen molar-refractivity contribution >= 4 is 46.3 Å². The van der Waals surface area contributed by atoms with Crippen molar-refractivity contribution < 1.29 is 9.53 Å². The molecule has 0 saturated heterocycles. The first-order valence-corrected chi connectivity index (χ1v) is 11.9. The van der Waals surface area contributed by atoms with E-state index >= 15 is 0 Å². The van der Waals surface area contributed by atoms with E-state index in [0.717, 1.165) is 10.4 Å². The predicted octanol–water partition coefficient (Wildman–Crippen LogP) is 4.15. The molecule has 0 fully saturated rings. The third-order valence-corrected chi connectivity index (χ3v) is 6.93. The molecule has 1 aliphatic rings. The highest BCUT2D eigenvalue weighted by atomic mass is 35.5. The van der Waals surface area contributed by atoms with Crippen LogP contribution in [0.2, 0.25) is 5.02 Å². The summed E-state index contributed by atoms with van der Waals surface area (Å²) in [5, 5.41) is 2.57. The van der Waals surface area contributed by atoms with Gasteiger partial charge in [-0.3, -0.25) is 9.36 Å². The number of esters is 1. The van der Waals surface area contributed by atoms with E-state index in [1.165, 1.54) is 22.7 Å². The van der Waals surface area contributed by atoms with Gasteiger partial charge in [-0.2, -0.15) is 0 Å². The van der Waals surface area contributed by atoms with E-state index in [9.17, 15) is 9.59 Å². The lowest BCUT2D eigenvalue weighted by Gasteiger charge is -2.23.